The van der Waals surface area contributed by atoms with E-state index in [0.717, 1.165) is 30.1 Å². The van der Waals surface area contributed by atoms with Gasteiger partial charge in [0.15, 0.2) is 0 Å². The molecule has 0 aliphatic carbocycles. The zero-order chi connectivity index (χ0) is 19.2. The molecule has 0 aliphatic rings. The van der Waals surface area contributed by atoms with Crippen LogP contribution in [0.5, 0.6) is 5.75 Å². The van der Waals surface area contributed by atoms with Crippen molar-refractivity contribution in [2.75, 3.05) is 0 Å². The van der Waals surface area contributed by atoms with Crippen LogP contribution < -0.4 is 4.74 Å². The van der Waals surface area contributed by atoms with E-state index in [0.29, 0.717) is 17.9 Å². The third kappa shape index (κ3) is 5.32. The highest BCUT2D eigenvalue weighted by Gasteiger charge is 2.11. The van der Waals surface area contributed by atoms with Crippen LogP contribution in [-0.4, -0.2) is 0 Å². The molecule has 27 heavy (non-hydrogen) atoms. The number of nitrogens with zero attached hydrogens (tertiary/aromatic N) is 1. The summed E-state index contributed by atoms with van der Waals surface area (Å²) >= 11 is 10.5. The molecule has 134 valence electrons. The Morgan fingerprint density at radius 2 is 1.63 bits per heavy atom. The maximum absolute atomic E-state index is 9.65. The smallest absolute Gasteiger partial charge is 0.141 e. The first-order valence-electron chi connectivity index (χ1n) is 8.10. The van der Waals surface area contributed by atoms with E-state index in [1.165, 1.54) is 0 Å². The topological polar surface area (TPSA) is 33.0 Å². The van der Waals surface area contributed by atoms with Crippen molar-refractivity contribution in [1.82, 2.24) is 0 Å². The third-order valence-corrected chi connectivity index (χ3v) is 5.41. The summed E-state index contributed by atoms with van der Waals surface area (Å²) in [5, 5.41) is 9.65. The second-order valence-corrected chi connectivity index (χ2v) is 8.44. The average Bonchev–Trinajstić information content (AvgIpc) is 2.67. The van der Waals surface area contributed by atoms with Crippen LogP contribution in [0.15, 0.2) is 80.1 Å². The second kappa shape index (κ2) is 9.36. The number of allylic oxidation sites excluding steroid dienone is 1. The highest BCUT2D eigenvalue weighted by molar-refractivity contribution is 9.11. The lowest BCUT2D eigenvalue weighted by Gasteiger charge is -2.13. The molecular formula is C22H14Br3NO. The summed E-state index contributed by atoms with van der Waals surface area (Å²) in [4.78, 5) is 0. The highest BCUT2D eigenvalue weighted by Crippen LogP contribution is 2.36. The Kier molecular flexibility index (Phi) is 6.89. The molecule has 3 aromatic carbocycles. The average molecular weight is 548 g/mol. The molecular weight excluding hydrogens is 534 g/mol. The lowest BCUT2D eigenvalue weighted by molar-refractivity contribution is 0.303. The normalized spacial score (nSPS) is 11.1. The molecule has 0 N–H and O–H groups in total. The first-order chi connectivity index (χ1) is 13.1. The highest BCUT2D eigenvalue weighted by atomic mass is 79.9. The van der Waals surface area contributed by atoms with E-state index < -0.39 is 0 Å². The molecule has 0 unspecified atom stereocenters. The van der Waals surface area contributed by atoms with Crippen LogP contribution in [-0.2, 0) is 6.61 Å². The Balaban J connectivity index is 1.98. The molecule has 0 aliphatic heterocycles. The second-order valence-electron chi connectivity index (χ2n) is 5.76. The molecule has 5 heteroatoms. The lowest BCUT2D eigenvalue weighted by Crippen LogP contribution is -1.98. The molecule has 3 rings (SSSR count). The Morgan fingerprint density at radius 3 is 2.30 bits per heavy atom. The zero-order valence-electron chi connectivity index (χ0n) is 14.1. The summed E-state index contributed by atoms with van der Waals surface area (Å²) in [5.74, 6) is 0.701. The van der Waals surface area contributed by atoms with Gasteiger partial charge in [0.1, 0.15) is 12.4 Å². The van der Waals surface area contributed by atoms with Crippen LogP contribution in [0.4, 0.5) is 0 Å². The number of benzene rings is 3. The molecule has 0 bridgehead atoms. The van der Waals surface area contributed by atoms with Crippen molar-refractivity contribution in [3.8, 4) is 11.8 Å². The van der Waals surface area contributed by atoms with Crippen LogP contribution in [0, 0.1) is 11.3 Å². The number of rotatable bonds is 5. The summed E-state index contributed by atoms with van der Waals surface area (Å²) in [6, 6.07) is 23.8. The van der Waals surface area contributed by atoms with E-state index in [1.807, 2.05) is 72.8 Å². The van der Waals surface area contributed by atoms with Crippen molar-refractivity contribution >= 4 is 59.4 Å². The Bertz CT molecular complexity index is 1010. The van der Waals surface area contributed by atoms with E-state index in [4.69, 9.17) is 4.74 Å². The zero-order valence-corrected chi connectivity index (χ0v) is 18.9. The van der Waals surface area contributed by atoms with Gasteiger partial charge in [-0.05, 0) is 57.4 Å². The van der Waals surface area contributed by atoms with Gasteiger partial charge in [0.05, 0.1) is 16.1 Å². The molecule has 0 saturated carbocycles. The molecule has 0 atom stereocenters. The van der Waals surface area contributed by atoms with Crippen molar-refractivity contribution in [3.05, 3.63) is 96.8 Å². The number of ether oxygens (including phenoxy) is 1. The Labute approximate surface area is 183 Å². The monoisotopic (exact) mass is 545 g/mol. The molecule has 3 aromatic rings. The number of hydrogen-bond acceptors (Lipinski definition) is 2. The van der Waals surface area contributed by atoms with Gasteiger partial charge < -0.3 is 4.74 Å². The molecule has 0 heterocycles. The standard InChI is InChI=1S/C22H14Br3NO/c23-19-8-6-16(7-9-19)18(13-26)10-17-11-20(24)12-21(25)22(17)27-14-15-4-2-1-3-5-15/h1-12H,14H2/b18-10-. The predicted octanol–water partition coefficient (Wildman–Crippen LogP) is 7.62. The number of nitriles is 1. The van der Waals surface area contributed by atoms with E-state index in [2.05, 4.69) is 53.9 Å². The van der Waals surface area contributed by atoms with E-state index in [-0.39, 0.29) is 0 Å². The van der Waals surface area contributed by atoms with E-state index >= 15 is 0 Å². The molecule has 0 amide bonds. The van der Waals surface area contributed by atoms with Gasteiger partial charge in [0.2, 0.25) is 0 Å². The Morgan fingerprint density at radius 1 is 0.926 bits per heavy atom. The molecule has 0 aromatic heterocycles. The van der Waals surface area contributed by atoms with Gasteiger partial charge in [0, 0.05) is 14.5 Å². The minimum absolute atomic E-state index is 0.447. The van der Waals surface area contributed by atoms with Gasteiger partial charge in [-0.25, -0.2) is 0 Å². The molecule has 0 saturated heterocycles. The number of hydrogen-bond donors (Lipinski definition) is 0. The van der Waals surface area contributed by atoms with Crippen molar-refractivity contribution in [2.45, 2.75) is 6.61 Å². The first kappa shape index (κ1) is 19.9. The summed E-state index contributed by atoms with van der Waals surface area (Å²) in [5.41, 5.74) is 3.32. The van der Waals surface area contributed by atoms with Crippen LogP contribution in [0.2, 0.25) is 0 Å². The minimum atomic E-state index is 0.447. The van der Waals surface area contributed by atoms with Crippen LogP contribution in [0.1, 0.15) is 16.7 Å². The van der Waals surface area contributed by atoms with E-state index in [9.17, 15) is 5.26 Å². The van der Waals surface area contributed by atoms with Gasteiger partial charge in [0.25, 0.3) is 0 Å². The van der Waals surface area contributed by atoms with Crippen LogP contribution in [0.3, 0.4) is 0 Å². The van der Waals surface area contributed by atoms with Gasteiger partial charge in [-0.3, -0.25) is 0 Å². The van der Waals surface area contributed by atoms with Crippen molar-refractivity contribution in [1.29, 1.82) is 5.26 Å². The van der Waals surface area contributed by atoms with Gasteiger partial charge in [-0.1, -0.05) is 74.3 Å². The third-order valence-electron chi connectivity index (χ3n) is 3.84. The van der Waals surface area contributed by atoms with Crippen LogP contribution >= 0.6 is 47.8 Å². The molecule has 2 nitrogen and oxygen atoms in total. The fourth-order valence-corrected chi connectivity index (χ4v) is 4.17. The first-order valence-corrected chi connectivity index (χ1v) is 10.5. The Hall–Kier alpha value is -1.87. The summed E-state index contributed by atoms with van der Waals surface area (Å²) in [6.07, 6.45) is 1.85. The molecule has 0 fully saturated rings. The maximum Gasteiger partial charge on any atom is 0.141 e. The predicted molar refractivity (Wildman–Crippen MR) is 120 cm³/mol. The van der Waals surface area contributed by atoms with Crippen molar-refractivity contribution < 1.29 is 4.74 Å². The number of halogens is 3. The minimum Gasteiger partial charge on any atom is -0.487 e. The summed E-state index contributed by atoms with van der Waals surface area (Å²) < 4.78 is 8.78. The summed E-state index contributed by atoms with van der Waals surface area (Å²) in [6.45, 7) is 0.447. The molecule has 0 spiro atoms. The van der Waals surface area contributed by atoms with Crippen LogP contribution in [0.25, 0.3) is 11.6 Å². The maximum atomic E-state index is 9.65. The fraction of sp³-hybridized carbons (Fsp3) is 0.0455. The largest absolute Gasteiger partial charge is 0.487 e. The van der Waals surface area contributed by atoms with Crippen molar-refractivity contribution in [2.24, 2.45) is 0 Å². The SMILES string of the molecule is N#C/C(=C/c1cc(Br)cc(Br)c1OCc1ccccc1)c1ccc(Br)cc1. The van der Waals surface area contributed by atoms with Gasteiger partial charge in [-0.2, -0.15) is 5.26 Å². The van der Waals surface area contributed by atoms with E-state index in [1.54, 1.807) is 0 Å². The van der Waals surface area contributed by atoms with Gasteiger partial charge >= 0.3 is 0 Å². The lowest BCUT2D eigenvalue weighted by atomic mass is 10.0. The quantitative estimate of drug-likeness (QED) is 0.243. The fourth-order valence-electron chi connectivity index (χ4n) is 2.53. The van der Waals surface area contributed by atoms with Gasteiger partial charge in [-0.15, -0.1) is 0 Å². The van der Waals surface area contributed by atoms with Crippen molar-refractivity contribution in [3.63, 3.8) is 0 Å². The molecule has 0 radical (unpaired) electrons. The summed E-state index contributed by atoms with van der Waals surface area (Å²) in [7, 11) is 0.